The maximum atomic E-state index is 12.3. The third-order valence-electron chi connectivity index (χ3n) is 6.91. The van der Waals surface area contributed by atoms with E-state index in [0.29, 0.717) is 5.69 Å². The number of hydrazone groups is 1. The van der Waals surface area contributed by atoms with Crippen LogP contribution in [0.3, 0.4) is 0 Å². The van der Waals surface area contributed by atoms with Crippen molar-refractivity contribution in [2.24, 2.45) is 35.8 Å². The van der Waals surface area contributed by atoms with Gasteiger partial charge in [0.1, 0.15) is 5.71 Å². The van der Waals surface area contributed by atoms with Crippen LogP contribution in [0.4, 0.5) is 22.7 Å². The zero-order valence-corrected chi connectivity index (χ0v) is 28.3. The topological polar surface area (TPSA) is 136 Å². The molecule has 0 saturated carbocycles. The van der Waals surface area contributed by atoms with Crippen molar-refractivity contribution >= 4 is 34.2 Å². The minimum atomic E-state index is -0.431. The first kappa shape index (κ1) is 35.2. The Hall–Kier alpha value is -5.64. The largest absolute Gasteiger partial charge is 0.504 e. The van der Waals surface area contributed by atoms with Gasteiger partial charge in [0.25, 0.3) is 0 Å². The Morgan fingerprint density at radius 3 is 1.35 bits per heavy atom. The highest BCUT2D eigenvalue weighted by Gasteiger charge is 2.14. The molecule has 0 fully saturated rings. The predicted octanol–water partition coefficient (Wildman–Crippen LogP) is 10.8. The fourth-order valence-electron chi connectivity index (χ4n) is 4.34. The molecule has 0 aliphatic carbocycles. The van der Waals surface area contributed by atoms with Gasteiger partial charge in [-0.15, -0.1) is 5.11 Å². The van der Waals surface area contributed by atoms with Crippen LogP contribution in [0.1, 0.15) is 63.8 Å². The Bertz CT molecular complexity index is 1800. The van der Waals surface area contributed by atoms with Crippen LogP contribution < -0.4 is 5.43 Å². The molecule has 48 heavy (non-hydrogen) atoms. The molecule has 0 radical (unpaired) electrons. The molecule has 4 aromatic rings. The van der Waals surface area contributed by atoms with E-state index in [9.17, 15) is 9.90 Å². The van der Waals surface area contributed by atoms with Crippen molar-refractivity contribution in [1.29, 1.82) is 0 Å². The first-order chi connectivity index (χ1) is 23.0. The highest BCUT2D eigenvalue weighted by Crippen LogP contribution is 2.21. The molecule has 0 bridgehead atoms. The summed E-state index contributed by atoms with van der Waals surface area (Å²) in [5, 5.41) is 40.1. The molecule has 0 aromatic heterocycles. The van der Waals surface area contributed by atoms with Gasteiger partial charge >= 0.3 is 0 Å². The van der Waals surface area contributed by atoms with E-state index in [1.807, 2.05) is 125 Å². The lowest BCUT2D eigenvalue weighted by Gasteiger charge is -2.07. The van der Waals surface area contributed by atoms with Crippen LogP contribution in [0, 0.1) is 0 Å². The highest BCUT2D eigenvalue weighted by atomic mass is 16.3. The van der Waals surface area contributed by atoms with Crippen LogP contribution in [-0.4, -0.2) is 28.7 Å². The maximum absolute atomic E-state index is 12.3. The second kappa shape index (κ2) is 17.3. The molecular weight excluding hydrogens is 600 g/mol. The van der Waals surface area contributed by atoms with Gasteiger partial charge < -0.3 is 5.11 Å². The van der Waals surface area contributed by atoms with E-state index in [4.69, 9.17) is 0 Å². The highest BCUT2D eigenvalue weighted by molar-refractivity contribution is 6.05. The van der Waals surface area contributed by atoms with Crippen molar-refractivity contribution < 1.29 is 9.90 Å². The van der Waals surface area contributed by atoms with E-state index < -0.39 is 5.78 Å². The van der Waals surface area contributed by atoms with Gasteiger partial charge in [-0.2, -0.15) is 30.7 Å². The second-order valence-electron chi connectivity index (χ2n) is 11.9. The van der Waals surface area contributed by atoms with Crippen LogP contribution in [0.2, 0.25) is 0 Å². The number of benzene rings is 4. The summed E-state index contributed by atoms with van der Waals surface area (Å²) in [6.45, 7) is 10.9. The summed E-state index contributed by atoms with van der Waals surface area (Å²) in [7, 11) is 0. The Morgan fingerprint density at radius 2 is 0.979 bits per heavy atom. The molecule has 0 aliphatic rings. The molecule has 4 aromatic carbocycles. The van der Waals surface area contributed by atoms with Crippen LogP contribution in [0.5, 0.6) is 0 Å². The van der Waals surface area contributed by atoms with Crippen molar-refractivity contribution in [3.8, 4) is 0 Å². The summed E-state index contributed by atoms with van der Waals surface area (Å²) in [5.41, 5.74) is 10.4. The molecule has 0 unspecified atom stereocenters. The number of Topliss-reactive ketones (excluding diaryl/α,β-unsaturated/α-hetero) is 1. The molecule has 0 spiro atoms. The van der Waals surface area contributed by atoms with Crippen molar-refractivity contribution in [1.82, 2.24) is 0 Å². The van der Waals surface area contributed by atoms with Gasteiger partial charge in [-0.05, 0) is 118 Å². The number of nitrogens with one attached hydrogen (secondary N) is 1. The van der Waals surface area contributed by atoms with E-state index in [1.54, 1.807) is 6.92 Å². The summed E-state index contributed by atoms with van der Waals surface area (Å²) in [6, 6.07) is 31.7. The Morgan fingerprint density at radius 1 is 0.604 bits per heavy atom. The molecule has 2 N–H and O–H groups in total. The second-order valence-corrected chi connectivity index (χ2v) is 11.9. The number of aliphatic hydroxyl groups excluding tert-OH is 1. The van der Waals surface area contributed by atoms with Crippen LogP contribution in [0.25, 0.3) is 0 Å². The third-order valence-corrected chi connectivity index (χ3v) is 6.91. The van der Waals surface area contributed by atoms with Crippen molar-refractivity contribution in [2.75, 3.05) is 5.43 Å². The Labute approximate surface area is 282 Å². The minimum absolute atomic E-state index is 0.157. The van der Waals surface area contributed by atoms with E-state index in [1.165, 1.54) is 6.92 Å². The van der Waals surface area contributed by atoms with Gasteiger partial charge in [-0.1, -0.05) is 48.5 Å². The molecule has 0 aliphatic heterocycles. The molecule has 0 amide bonds. The van der Waals surface area contributed by atoms with Gasteiger partial charge in [-0.25, -0.2) is 0 Å². The molecule has 246 valence electrons. The number of carbonyl (C=O) groups excluding carboxylic acids is 1. The fourth-order valence-corrected chi connectivity index (χ4v) is 4.34. The first-order valence-electron chi connectivity index (χ1n) is 15.9. The van der Waals surface area contributed by atoms with Crippen LogP contribution in [-0.2, 0) is 17.6 Å². The zero-order valence-electron chi connectivity index (χ0n) is 28.3. The summed E-state index contributed by atoms with van der Waals surface area (Å²) >= 11 is 0. The van der Waals surface area contributed by atoms with E-state index in [0.717, 1.165) is 52.2 Å². The number of aliphatic hydroxyl groups is 1. The van der Waals surface area contributed by atoms with Gasteiger partial charge in [-0.3, -0.25) is 10.2 Å². The van der Waals surface area contributed by atoms with Crippen LogP contribution in [0.15, 0.2) is 144 Å². The normalized spacial score (nSPS) is 12.9. The number of hydrogen-bond donors (Lipinski definition) is 2. The zero-order chi connectivity index (χ0) is 34.5. The molecule has 0 saturated heterocycles. The van der Waals surface area contributed by atoms with Gasteiger partial charge in [0.15, 0.2) is 17.2 Å². The molecular formula is C38H42N8O2. The van der Waals surface area contributed by atoms with Gasteiger partial charge in [0.2, 0.25) is 0 Å². The quantitative estimate of drug-likeness (QED) is 0.0465. The smallest absolute Gasteiger partial charge is 0.183 e. The number of rotatable bonds is 14. The fraction of sp³-hybridized carbons (Fsp3) is 0.263. The number of hydrogen-bond acceptors (Lipinski definition) is 10. The number of allylic oxidation sites excluding steroid dienone is 2. The molecule has 4 rings (SSSR count). The number of ketones is 1. The standard InChI is InChI=1S/C38H42N8O2/c1-25(2)39-42-33-15-7-29(8-16-33)23-31-11-19-35(20-12-31)44-41-27(5)38(48)37(28(6)47)46-45-36-21-13-32(14-22-36)24-30-9-17-34(18-10-30)43-40-26(3)4/h7-22,25-26,44,48H,23-24H2,1-6H3/b38-37-,41-27-,42-39?,43-40?,46-45?. The Balaban J connectivity index is 1.35. The van der Waals surface area contributed by atoms with Gasteiger partial charge in [0.05, 0.1) is 34.8 Å². The van der Waals surface area contributed by atoms with Crippen LogP contribution >= 0.6 is 0 Å². The average molecular weight is 643 g/mol. The van der Waals surface area contributed by atoms with Crippen molar-refractivity contribution in [3.63, 3.8) is 0 Å². The lowest BCUT2D eigenvalue weighted by molar-refractivity contribution is -0.113. The van der Waals surface area contributed by atoms with Crippen molar-refractivity contribution in [3.05, 3.63) is 131 Å². The first-order valence-corrected chi connectivity index (χ1v) is 15.9. The number of carbonyl (C=O) groups is 1. The molecule has 0 heterocycles. The number of azo groups is 3. The van der Waals surface area contributed by atoms with E-state index in [2.05, 4.69) is 41.2 Å². The van der Waals surface area contributed by atoms with E-state index in [-0.39, 0.29) is 29.3 Å². The number of nitrogens with zero attached hydrogens (tertiary/aromatic N) is 7. The maximum Gasteiger partial charge on any atom is 0.183 e. The summed E-state index contributed by atoms with van der Waals surface area (Å²) in [6.07, 6.45) is 1.51. The SMILES string of the molecule is CC(=O)/C(N=Nc1ccc(Cc2ccc(N=NC(C)C)cc2)cc1)=C(O)\C(C)=N/Nc1ccc(Cc2ccc(N=NC(C)C)cc2)cc1. The lowest BCUT2D eigenvalue weighted by Crippen LogP contribution is -2.08. The average Bonchev–Trinajstić information content (AvgIpc) is 3.07. The monoisotopic (exact) mass is 642 g/mol. The minimum Gasteiger partial charge on any atom is -0.504 e. The summed E-state index contributed by atoms with van der Waals surface area (Å²) < 4.78 is 0. The predicted molar refractivity (Wildman–Crippen MR) is 192 cm³/mol. The van der Waals surface area contributed by atoms with Crippen molar-refractivity contribution in [2.45, 2.75) is 66.5 Å². The van der Waals surface area contributed by atoms with E-state index >= 15 is 0 Å². The summed E-state index contributed by atoms with van der Waals surface area (Å²) in [5.74, 6) is -0.779. The summed E-state index contributed by atoms with van der Waals surface area (Å²) in [4.78, 5) is 12.3. The Kier molecular flexibility index (Phi) is 12.7. The lowest BCUT2D eigenvalue weighted by atomic mass is 10.0. The molecule has 10 heteroatoms. The molecule has 0 atom stereocenters. The van der Waals surface area contributed by atoms with Gasteiger partial charge in [0, 0.05) is 6.92 Å². The molecule has 10 nitrogen and oxygen atoms in total. The third kappa shape index (κ3) is 11.3. The number of anilines is 1.